The van der Waals surface area contributed by atoms with Crippen molar-refractivity contribution in [3.05, 3.63) is 83.6 Å². The van der Waals surface area contributed by atoms with Crippen molar-refractivity contribution in [2.75, 3.05) is 10.6 Å². The molecule has 1 heterocycles. The molecule has 132 valence electrons. The molecule has 3 rings (SSSR count). The third-order valence-electron chi connectivity index (χ3n) is 4.13. The van der Waals surface area contributed by atoms with E-state index in [1.807, 2.05) is 75.5 Å². The van der Waals surface area contributed by atoms with Gasteiger partial charge in [-0.3, -0.25) is 10.00 Å². The molecule has 0 aliphatic heterocycles. The van der Waals surface area contributed by atoms with Crippen LogP contribution in [0.5, 0.6) is 0 Å². The Labute approximate surface area is 153 Å². The fourth-order valence-corrected chi connectivity index (χ4v) is 2.99. The van der Waals surface area contributed by atoms with E-state index in [0.717, 1.165) is 28.1 Å². The Bertz CT molecular complexity index is 927. The van der Waals surface area contributed by atoms with E-state index >= 15 is 0 Å². The molecule has 0 radical (unpaired) electrons. The molecule has 1 aromatic heterocycles. The third kappa shape index (κ3) is 3.67. The van der Waals surface area contributed by atoms with Gasteiger partial charge in [-0.1, -0.05) is 54.6 Å². The molecule has 0 spiro atoms. The van der Waals surface area contributed by atoms with Gasteiger partial charge in [0.25, 0.3) is 0 Å². The fourth-order valence-electron chi connectivity index (χ4n) is 2.99. The van der Waals surface area contributed by atoms with Crippen molar-refractivity contribution in [3.63, 3.8) is 0 Å². The van der Waals surface area contributed by atoms with Crippen LogP contribution < -0.4 is 10.6 Å². The highest BCUT2D eigenvalue weighted by molar-refractivity contribution is 6.01. The van der Waals surface area contributed by atoms with Gasteiger partial charge in [-0.15, -0.1) is 0 Å². The minimum absolute atomic E-state index is 0.302. The Morgan fingerprint density at radius 2 is 1.62 bits per heavy atom. The number of anilines is 2. The zero-order valence-electron chi connectivity index (χ0n) is 15.2. The standard InChI is InChI=1S/C21H22N4O/c1-4-18(16-11-7-5-8-12-16)19-15(2)24-25(3)20(19)23-21(26)22-17-13-9-6-10-14-17/h4-14H,1-3H3,(H2,22,23,26)/b18-4-. The normalized spacial score (nSPS) is 11.3. The number of hydrogen-bond acceptors (Lipinski definition) is 2. The maximum absolute atomic E-state index is 12.5. The van der Waals surface area contributed by atoms with Gasteiger partial charge >= 0.3 is 6.03 Å². The average molecular weight is 346 g/mol. The number of aryl methyl sites for hydroxylation is 2. The summed E-state index contributed by atoms with van der Waals surface area (Å²) in [6.45, 7) is 3.94. The summed E-state index contributed by atoms with van der Waals surface area (Å²) in [5.74, 6) is 0.660. The van der Waals surface area contributed by atoms with E-state index in [2.05, 4.69) is 27.9 Å². The summed E-state index contributed by atoms with van der Waals surface area (Å²) in [6.07, 6.45) is 2.04. The number of carbonyl (C=O) groups excluding carboxylic acids is 1. The van der Waals surface area contributed by atoms with E-state index in [1.54, 1.807) is 4.68 Å². The minimum Gasteiger partial charge on any atom is -0.308 e. The molecule has 0 saturated heterocycles. The van der Waals surface area contributed by atoms with E-state index in [9.17, 15) is 4.79 Å². The van der Waals surface area contributed by atoms with E-state index in [0.29, 0.717) is 5.82 Å². The van der Waals surface area contributed by atoms with Crippen molar-refractivity contribution in [1.82, 2.24) is 9.78 Å². The van der Waals surface area contributed by atoms with Crippen molar-refractivity contribution < 1.29 is 4.79 Å². The molecule has 5 nitrogen and oxygen atoms in total. The number of aromatic nitrogens is 2. The van der Waals surface area contributed by atoms with E-state index < -0.39 is 0 Å². The molecule has 0 saturated carbocycles. The van der Waals surface area contributed by atoms with Gasteiger partial charge in [-0.25, -0.2) is 4.79 Å². The van der Waals surface area contributed by atoms with Gasteiger partial charge in [0.05, 0.1) is 5.69 Å². The molecule has 0 aliphatic rings. The van der Waals surface area contributed by atoms with Crippen LogP contribution in [-0.4, -0.2) is 15.8 Å². The molecule has 0 unspecified atom stereocenters. The lowest BCUT2D eigenvalue weighted by Gasteiger charge is -2.13. The maximum Gasteiger partial charge on any atom is 0.324 e. The maximum atomic E-state index is 12.5. The van der Waals surface area contributed by atoms with Crippen molar-refractivity contribution in [2.45, 2.75) is 13.8 Å². The molecule has 2 amide bonds. The number of benzene rings is 2. The number of urea groups is 1. The van der Waals surface area contributed by atoms with Gasteiger partial charge in [0, 0.05) is 18.3 Å². The predicted octanol–water partition coefficient (Wildman–Crippen LogP) is 4.82. The highest BCUT2D eigenvalue weighted by Crippen LogP contribution is 2.32. The van der Waals surface area contributed by atoms with Crippen LogP contribution in [0.2, 0.25) is 0 Å². The molecule has 0 aliphatic carbocycles. The molecule has 5 heteroatoms. The quantitative estimate of drug-likeness (QED) is 0.711. The lowest BCUT2D eigenvalue weighted by atomic mass is 9.97. The van der Waals surface area contributed by atoms with E-state index in [-0.39, 0.29) is 6.03 Å². The topological polar surface area (TPSA) is 59.0 Å². The van der Waals surface area contributed by atoms with Gasteiger partial charge in [0.15, 0.2) is 0 Å². The summed E-state index contributed by atoms with van der Waals surface area (Å²) >= 11 is 0. The molecule has 0 fully saturated rings. The summed E-state index contributed by atoms with van der Waals surface area (Å²) in [6, 6.07) is 19.1. The van der Waals surface area contributed by atoms with Crippen LogP contribution in [0.15, 0.2) is 66.7 Å². The smallest absolute Gasteiger partial charge is 0.308 e. The van der Waals surface area contributed by atoms with Gasteiger partial charge < -0.3 is 5.32 Å². The van der Waals surface area contributed by atoms with Gasteiger partial charge in [0.1, 0.15) is 5.82 Å². The van der Waals surface area contributed by atoms with Crippen molar-refractivity contribution in [2.24, 2.45) is 7.05 Å². The monoisotopic (exact) mass is 346 g/mol. The zero-order chi connectivity index (χ0) is 18.5. The summed E-state index contributed by atoms with van der Waals surface area (Å²) in [5, 5.41) is 10.3. The first-order valence-corrected chi connectivity index (χ1v) is 8.49. The van der Waals surface area contributed by atoms with Crippen molar-refractivity contribution >= 4 is 23.1 Å². The Kier molecular flexibility index (Phi) is 5.17. The van der Waals surface area contributed by atoms with Gasteiger partial charge in [0.2, 0.25) is 0 Å². The first-order valence-electron chi connectivity index (χ1n) is 8.49. The molecular formula is C21H22N4O. The van der Waals surface area contributed by atoms with Crippen LogP contribution in [-0.2, 0) is 7.05 Å². The van der Waals surface area contributed by atoms with Crippen LogP contribution in [0.1, 0.15) is 23.7 Å². The Morgan fingerprint density at radius 1 is 1.00 bits per heavy atom. The number of allylic oxidation sites excluding steroid dienone is 1. The number of rotatable bonds is 4. The first kappa shape index (κ1) is 17.5. The Hall–Kier alpha value is -3.34. The number of carbonyl (C=O) groups is 1. The van der Waals surface area contributed by atoms with Crippen LogP contribution in [0.4, 0.5) is 16.3 Å². The number of para-hydroxylation sites is 1. The van der Waals surface area contributed by atoms with Gasteiger partial charge in [-0.05, 0) is 37.1 Å². The third-order valence-corrected chi connectivity index (χ3v) is 4.13. The lowest BCUT2D eigenvalue weighted by molar-refractivity contribution is 0.262. The van der Waals surface area contributed by atoms with Crippen molar-refractivity contribution in [3.8, 4) is 0 Å². The average Bonchev–Trinajstić information content (AvgIpc) is 2.91. The first-order chi connectivity index (χ1) is 12.6. The number of nitrogens with one attached hydrogen (secondary N) is 2. The number of amides is 2. The Morgan fingerprint density at radius 3 is 2.23 bits per heavy atom. The summed E-state index contributed by atoms with van der Waals surface area (Å²) < 4.78 is 1.70. The Balaban J connectivity index is 1.92. The second-order valence-corrected chi connectivity index (χ2v) is 5.95. The number of hydrogen-bond donors (Lipinski definition) is 2. The zero-order valence-corrected chi connectivity index (χ0v) is 15.2. The molecule has 3 aromatic rings. The van der Waals surface area contributed by atoms with Crippen LogP contribution in [0.3, 0.4) is 0 Å². The lowest BCUT2D eigenvalue weighted by Crippen LogP contribution is -2.21. The predicted molar refractivity (Wildman–Crippen MR) is 106 cm³/mol. The molecule has 0 bridgehead atoms. The SMILES string of the molecule is C/C=C(/c1ccccc1)c1c(C)nn(C)c1NC(=O)Nc1ccccc1. The molecule has 2 N–H and O–H groups in total. The summed E-state index contributed by atoms with van der Waals surface area (Å²) in [4.78, 5) is 12.5. The second-order valence-electron chi connectivity index (χ2n) is 5.95. The van der Waals surface area contributed by atoms with Crippen LogP contribution in [0.25, 0.3) is 5.57 Å². The van der Waals surface area contributed by atoms with E-state index in [4.69, 9.17) is 0 Å². The summed E-state index contributed by atoms with van der Waals surface area (Å²) in [5.41, 5.74) is 4.63. The highest BCUT2D eigenvalue weighted by Gasteiger charge is 2.19. The summed E-state index contributed by atoms with van der Waals surface area (Å²) in [7, 11) is 1.83. The van der Waals surface area contributed by atoms with Crippen molar-refractivity contribution in [1.29, 1.82) is 0 Å². The molecule has 2 aromatic carbocycles. The second kappa shape index (κ2) is 7.70. The molecule has 0 atom stereocenters. The van der Waals surface area contributed by atoms with E-state index in [1.165, 1.54) is 0 Å². The molecular weight excluding hydrogens is 324 g/mol. The molecule has 26 heavy (non-hydrogen) atoms. The van der Waals surface area contributed by atoms with Gasteiger partial charge in [-0.2, -0.15) is 5.10 Å². The van der Waals surface area contributed by atoms with Crippen LogP contribution in [0, 0.1) is 6.92 Å². The van der Waals surface area contributed by atoms with Crippen LogP contribution >= 0.6 is 0 Å². The fraction of sp³-hybridized carbons (Fsp3) is 0.143. The highest BCUT2D eigenvalue weighted by atomic mass is 16.2. The minimum atomic E-state index is -0.302. The number of nitrogens with zero attached hydrogens (tertiary/aromatic N) is 2. The largest absolute Gasteiger partial charge is 0.324 e.